The molecule has 2 aromatic rings. The molecule has 0 aliphatic heterocycles. The third kappa shape index (κ3) is 3.76. The molecule has 0 saturated carbocycles. The third-order valence-electron chi connectivity index (χ3n) is 2.72. The van der Waals surface area contributed by atoms with Gasteiger partial charge in [0.25, 0.3) is 0 Å². The topological polar surface area (TPSA) is 108 Å². The van der Waals surface area contributed by atoms with Gasteiger partial charge in [-0.1, -0.05) is 11.8 Å². The van der Waals surface area contributed by atoms with Gasteiger partial charge in [-0.2, -0.15) is 0 Å². The van der Waals surface area contributed by atoms with Crippen LogP contribution in [0.3, 0.4) is 0 Å². The Morgan fingerprint density at radius 3 is 3.05 bits per heavy atom. The summed E-state index contributed by atoms with van der Waals surface area (Å²) < 4.78 is 11.4. The van der Waals surface area contributed by atoms with Crippen LogP contribution in [0.2, 0.25) is 0 Å². The minimum Gasteiger partial charge on any atom is -0.469 e. The fourth-order valence-corrected chi connectivity index (χ4v) is 2.34. The zero-order chi connectivity index (χ0) is 15.2. The van der Waals surface area contributed by atoms with E-state index >= 15 is 0 Å². The molecular weight excluding hydrogens is 294 g/mol. The number of hydrogen-bond acceptors (Lipinski definition) is 7. The zero-order valence-electron chi connectivity index (χ0n) is 11.8. The highest BCUT2D eigenvalue weighted by Crippen LogP contribution is 2.24. The number of aromatic nitrogens is 3. The molecular formula is C12H17N5O3S. The summed E-state index contributed by atoms with van der Waals surface area (Å²) in [5.74, 6) is 7.26. The Labute approximate surface area is 126 Å². The van der Waals surface area contributed by atoms with Gasteiger partial charge in [-0.15, -0.1) is 10.2 Å². The van der Waals surface area contributed by atoms with Crippen LogP contribution in [0.1, 0.15) is 5.76 Å². The monoisotopic (exact) mass is 311 g/mol. The molecule has 0 atom stereocenters. The fraction of sp³-hybridized carbons (Fsp3) is 0.417. The van der Waals surface area contributed by atoms with Crippen LogP contribution in [0.4, 0.5) is 0 Å². The standard InChI is InChI=1S/C12H17N5O3S/c1-8-9(3-5-20-8)11-15-16-12(17(11)13)21-7-10(18)14-4-6-19-2/h3,5H,4,6-7,13H2,1-2H3,(H,14,18). The van der Waals surface area contributed by atoms with E-state index in [1.165, 1.54) is 16.4 Å². The molecule has 0 aliphatic carbocycles. The second kappa shape index (κ2) is 7.14. The first-order valence-electron chi connectivity index (χ1n) is 6.27. The summed E-state index contributed by atoms with van der Waals surface area (Å²) in [6, 6.07) is 1.77. The number of carbonyl (C=O) groups is 1. The number of ether oxygens (including phenoxy) is 1. The molecule has 21 heavy (non-hydrogen) atoms. The maximum atomic E-state index is 11.6. The summed E-state index contributed by atoms with van der Waals surface area (Å²) in [6.45, 7) is 2.78. The van der Waals surface area contributed by atoms with Crippen LogP contribution in [0, 0.1) is 6.92 Å². The molecule has 8 nitrogen and oxygen atoms in total. The Morgan fingerprint density at radius 2 is 2.38 bits per heavy atom. The molecule has 0 bridgehead atoms. The largest absolute Gasteiger partial charge is 0.469 e. The number of furan rings is 1. The number of rotatable bonds is 7. The van der Waals surface area contributed by atoms with Crippen molar-refractivity contribution >= 4 is 17.7 Å². The van der Waals surface area contributed by atoms with Gasteiger partial charge in [0.05, 0.1) is 24.2 Å². The lowest BCUT2D eigenvalue weighted by Crippen LogP contribution is -2.28. The summed E-state index contributed by atoms with van der Waals surface area (Å²) >= 11 is 1.22. The van der Waals surface area contributed by atoms with Gasteiger partial charge in [0.1, 0.15) is 5.76 Å². The molecule has 0 spiro atoms. The van der Waals surface area contributed by atoms with Crippen molar-refractivity contribution in [2.24, 2.45) is 0 Å². The Kier molecular flexibility index (Phi) is 5.23. The normalized spacial score (nSPS) is 10.8. The van der Waals surface area contributed by atoms with E-state index in [4.69, 9.17) is 15.0 Å². The molecule has 114 valence electrons. The maximum absolute atomic E-state index is 11.6. The van der Waals surface area contributed by atoms with E-state index in [0.29, 0.717) is 29.9 Å². The number of amides is 1. The number of nitrogen functional groups attached to an aromatic ring is 1. The van der Waals surface area contributed by atoms with E-state index in [1.807, 2.05) is 6.92 Å². The number of methoxy groups -OCH3 is 1. The lowest BCUT2D eigenvalue weighted by atomic mass is 10.2. The van der Waals surface area contributed by atoms with Gasteiger partial charge in [0.2, 0.25) is 11.1 Å². The first-order chi connectivity index (χ1) is 10.1. The SMILES string of the molecule is COCCNC(=O)CSc1nnc(-c2ccoc2C)n1N. The number of hydrogen-bond donors (Lipinski definition) is 2. The summed E-state index contributed by atoms with van der Waals surface area (Å²) in [7, 11) is 1.58. The van der Waals surface area contributed by atoms with E-state index < -0.39 is 0 Å². The van der Waals surface area contributed by atoms with Gasteiger partial charge in [-0.3, -0.25) is 4.79 Å². The number of nitrogens with zero attached hydrogens (tertiary/aromatic N) is 3. The molecule has 0 radical (unpaired) electrons. The minimum absolute atomic E-state index is 0.110. The second-order valence-electron chi connectivity index (χ2n) is 4.20. The van der Waals surface area contributed by atoms with Gasteiger partial charge in [0.15, 0.2) is 5.82 Å². The molecule has 0 unspecified atom stereocenters. The molecule has 2 aromatic heterocycles. The Bertz CT molecular complexity index is 610. The molecule has 9 heteroatoms. The van der Waals surface area contributed by atoms with E-state index in [-0.39, 0.29) is 11.7 Å². The number of carbonyl (C=O) groups excluding carboxylic acids is 1. The summed E-state index contributed by atoms with van der Waals surface area (Å²) in [6.07, 6.45) is 1.56. The number of aryl methyl sites for hydroxylation is 1. The minimum atomic E-state index is -0.110. The Balaban J connectivity index is 1.95. The summed E-state index contributed by atoms with van der Waals surface area (Å²) in [5.41, 5.74) is 0.779. The van der Waals surface area contributed by atoms with E-state index in [9.17, 15) is 4.79 Å². The molecule has 2 rings (SSSR count). The van der Waals surface area contributed by atoms with Crippen LogP contribution in [0.25, 0.3) is 11.4 Å². The quantitative estimate of drug-likeness (QED) is 0.433. The van der Waals surface area contributed by atoms with Crippen molar-refractivity contribution in [3.05, 3.63) is 18.1 Å². The van der Waals surface area contributed by atoms with Crippen molar-refractivity contribution in [2.45, 2.75) is 12.1 Å². The summed E-state index contributed by atoms with van der Waals surface area (Å²) in [4.78, 5) is 11.6. The predicted molar refractivity (Wildman–Crippen MR) is 78.2 cm³/mol. The average Bonchev–Trinajstić information content (AvgIpc) is 3.03. The summed E-state index contributed by atoms with van der Waals surface area (Å²) in [5, 5.41) is 11.2. The van der Waals surface area contributed by atoms with Crippen LogP contribution >= 0.6 is 11.8 Å². The molecule has 0 aliphatic rings. The first-order valence-corrected chi connectivity index (χ1v) is 7.25. The van der Waals surface area contributed by atoms with Gasteiger partial charge in [-0.25, -0.2) is 4.68 Å². The van der Waals surface area contributed by atoms with Crippen LogP contribution in [-0.2, 0) is 9.53 Å². The molecule has 0 fully saturated rings. The van der Waals surface area contributed by atoms with Gasteiger partial charge in [-0.05, 0) is 13.0 Å². The number of nitrogens with two attached hydrogens (primary N) is 1. The molecule has 0 saturated heterocycles. The number of thioether (sulfide) groups is 1. The average molecular weight is 311 g/mol. The predicted octanol–water partition coefficient (Wildman–Crippen LogP) is 0.415. The smallest absolute Gasteiger partial charge is 0.230 e. The Morgan fingerprint density at radius 1 is 1.57 bits per heavy atom. The molecule has 3 N–H and O–H groups in total. The van der Waals surface area contributed by atoms with E-state index in [0.717, 1.165) is 5.56 Å². The van der Waals surface area contributed by atoms with E-state index in [1.54, 1.807) is 19.4 Å². The van der Waals surface area contributed by atoms with Crippen LogP contribution in [0.5, 0.6) is 0 Å². The lowest BCUT2D eigenvalue weighted by Gasteiger charge is -2.04. The van der Waals surface area contributed by atoms with E-state index in [2.05, 4.69) is 15.5 Å². The van der Waals surface area contributed by atoms with Crippen molar-refractivity contribution in [3.63, 3.8) is 0 Å². The number of nitrogens with one attached hydrogen (secondary N) is 1. The zero-order valence-corrected chi connectivity index (χ0v) is 12.6. The molecule has 2 heterocycles. The second-order valence-corrected chi connectivity index (χ2v) is 5.14. The van der Waals surface area contributed by atoms with Crippen LogP contribution in [0.15, 0.2) is 21.9 Å². The highest BCUT2D eigenvalue weighted by molar-refractivity contribution is 7.99. The molecule has 1 amide bonds. The highest BCUT2D eigenvalue weighted by Gasteiger charge is 2.16. The van der Waals surface area contributed by atoms with Gasteiger partial charge in [0, 0.05) is 13.7 Å². The van der Waals surface area contributed by atoms with Crippen molar-refractivity contribution in [1.82, 2.24) is 20.2 Å². The highest BCUT2D eigenvalue weighted by atomic mass is 32.2. The Hall–Kier alpha value is -2.00. The molecule has 0 aromatic carbocycles. The van der Waals surface area contributed by atoms with Crippen molar-refractivity contribution < 1.29 is 13.9 Å². The van der Waals surface area contributed by atoms with Crippen molar-refractivity contribution in [3.8, 4) is 11.4 Å². The third-order valence-corrected chi connectivity index (χ3v) is 3.67. The first kappa shape index (κ1) is 15.4. The van der Waals surface area contributed by atoms with Gasteiger partial charge < -0.3 is 20.3 Å². The van der Waals surface area contributed by atoms with Gasteiger partial charge >= 0.3 is 0 Å². The maximum Gasteiger partial charge on any atom is 0.230 e. The van der Waals surface area contributed by atoms with Crippen molar-refractivity contribution in [1.29, 1.82) is 0 Å². The van der Waals surface area contributed by atoms with Crippen molar-refractivity contribution in [2.75, 3.05) is 31.9 Å². The fourth-order valence-electron chi connectivity index (χ4n) is 1.65. The lowest BCUT2D eigenvalue weighted by molar-refractivity contribution is -0.118. The van der Waals surface area contributed by atoms with Crippen LogP contribution in [-0.4, -0.2) is 46.8 Å². The van der Waals surface area contributed by atoms with Crippen LogP contribution < -0.4 is 11.2 Å².